The number of benzene rings is 3. The Morgan fingerprint density at radius 3 is 2.48 bits per heavy atom. The van der Waals surface area contributed by atoms with Crippen molar-refractivity contribution in [3.63, 3.8) is 0 Å². The number of carboxylic acid groups (broad SMARTS) is 1. The van der Waals surface area contributed by atoms with Crippen LogP contribution in [0.3, 0.4) is 0 Å². The molecule has 1 fully saturated rings. The minimum absolute atomic E-state index is 0.0801. The van der Waals surface area contributed by atoms with E-state index >= 15 is 0 Å². The molecule has 0 aromatic heterocycles. The monoisotopic (exact) mass is 446 g/mol. The van der Waals surface area contributed by atoms with E-state index in [1.807, 2.05) is 48.5 Å². The summed E-state index contributed by atoms with van der Waals surface area (Å²) < 4.78 is 10.9. The second-order valence-electron chi connectivity index (χ2n) is 7.85. The van der Waals surface area contributed by atoms with Crippen molar-refractivity contribution in [2.24, 2.45) is 0 Å². The Morgan fingerprint density at radius 1 is 1.03 bits per heavy atom. The van der Waals surface area contributed by atoms with Crippen molar-refractivity contribution in [1.82, 2.24) is 4.90 Å². The van der Waals surface area contributed by atoms with Crippen LogP contribution in [0.25, 0.3) is 11.1 Å². The minimum atomic E-state index is -0.888. The fraction of sp³-hybridized carbons (Fsp3) is 0.231. The van der Waals surface area contributed by atoms with Crippen molar-refractivity contribution < 1.29 is 24.2 Å². The predicted octanol–water partition coefficient (Wildman–Crippen LogP) is 5.49. The van der Waals surface area contributed by atoms with E-state index in [1.54, 1.807) is 24.3 Å². The van der Waals surface area contributed by atoms with Crippen LogP contribution in [-0.2, 0) is 4.74 Å². The number of esters is 1. The van der Waals surface area contributed by atoms with Gasteiger partial charge >= 0.3 is 12.1 Å². The van der Waals surface area contributed by atoms with E-state index in [1.165, 1.54) is 12.0 Å². The molecular weight excluding hydrogens is 420 g/mol. The average Bonchev–Trinajstić information content (AvgIpc) is 3.33. The molecule has 0 spiro atoms. The Kier molecular flexibility index (Phi) is 6.78. The van der Waals surface area contributed by atoms with E-state index in [0.29, 0.717) is 30.2 Å². The molecule has 7 nitrogen and oxygen atoms in total. The number of nitrogens with one attached hydrogen (secondary N) is 1. The average molecular weight is 447 g/mol. The van der Waals surface area contributed by atoms with Crippen LogP contribution in [0.1, 0.15) is 23.2 Å². The van der Waals surface area contributed by atoms with E-state index in [4.69, 9.17) is 9.47 Å². The van der Waals surface area contributed by atoms with Crippen LogP contribution in [0.15, 0.2) is 72.8 Å². The molecule has 0 bridgehead atoms. The molecule has 33 heavy (non-hydrogen) atoms. The number of likely N-dealkylation sites (tertiary alicyclic amines) is 1. The van der Waals surface area contributed by atoms with Crippen molar-refractivity contribution >= 4 is 17.7 Å². The van der Waals surface area contributed by atoms with Gasteiger partial charge in [0.2, 0.25) is 0 Å². The predicted molar refractivity (Wildman–Crippen MR) is 126 cm³/mol. The summed E-state index contributed by atoms with van der Waals surface area (Å²) in [5, 5.41) is 12.8. The number of methoxy groups -OCH3 is 1. The maximum absolute atomic E-state index is 11.7. The Balaban J connectivity index is 1.59. The number of amides is 1. The molecular formula is C26H26N2O5. The molecule has 0 saturated carbocycles. The minimum Gasteiger partial charge on any atom is -0.465 e. The molecule has 1 aliphatic heterocycles. The third kappa shape index (κ3) is 5.26. The molecule has 4 rings (SSSR count). The van der Waals surface area contributed by atoms with Gasteiger partial charge < -0.3 is 24.8 Å². The van der Waals surface area contributed by atoms with E-state index in [2.05, 4.69) is 5.32 Å². The molecule has 0 aliphatic carbocycles. The lowest BCUT2D eigenvalue weighted by atomic mass is 10.0. The van der Waals surface area contributed by atoms with Gasteiger partial charge in [-0.2, -0.15) is 0 Å². The summed E-state index contributed by atoms with van der Waals surface area (Å²) >= 11 is 0. The number of nitrogens with zero attached hydrogens (tertiary/aromatic N) is 1. The number of hydrogen-bond acceptors (Lipinski definition) is 5. The van der Waals surface area contributed by atoms with Gasteiger partial charge in [0.05, 0.1) is 24.4 Å². The van der Waals surface area contributed by atoms with Crippen LogP contribution in [0.5, 0.6) is 11.5 Å². The molecule has 0 unspecified atom stereocenters. The topological polar surface area (TPSA) is 88.1 Å². The zero-order valence-electron chi connectivity index (χ0n) is 18.4. The molecule has 1 heterocycles. The number of hydrogen-bond donors (Lipinski definition) is 2. The van der Waals surface area contributed by atoms with E-state index in [9.17, 15) is 14.7 Å². The van der Waals surface area contributed by atoms with Gasteiger partial charge in [0, 0.05) is 13.1 Å². The Hall–Kier alpha value is -4.00. The first kappa shape index (κ1) is 22.2. The third-order valence-corrected chi connectivity index (χ3v) is 5.74. The van der Waals surface area contributed by atoms with Gasteiger partial charge in [0.1, 0.15) is 5.75 Å². The maximum Gasteiger partial charge on any atom is 0.407 e. The van der Waals surface area contributed by atoms with Crippen LogP contribution >= 0.6 is 0 Å². The summed E-state index contributed by atoms with van der Waals surface area (Å²) in [5.41, 5.74) is 3.26. The molecule has 7 heteroatoms. The van der Waals surface area contributed by atoms with E-state index in [0.717, 1.165) is 29.7 Å². The van der Waals surface area contributed by atoms with Crippen LogP contribution in [0, 0.1) is 0 Å². The second-order valence-corrected chi connectivity index (χ2v) is 7.85. The lowest BCUT2D eigenvalue weighted by Crippen LogP contribution is -2.38. The highest BCUT2D eigenvalue weighted by atomic mass is 16.5. The summed E-state index contributed by atoms with van der Waals surface area (Å²) in [6.45, 7) is 1.05. The Bertz CT molecular complexity index is 1120. The first-order valence-electron chi connectivity index (χ1n) is 10.8. The highest BCUT2D eigenvalue weighted by molar-refractivity contribution is 5.89. The van der Waals surface area contributed by atoms with Gasteiger partial charge in [-0.15, -0.1) is 0 Å². The molecule has 3 aromatic carbocycles. The number of rotatable bonds is 7. The fourth-order valence-electron chi connectivity index (χ4n) is 3.99. The summed E-state index contributed by atoms with van der Waals surface area (Å²) in [6.07, 6.45) is 0.801. The first-order valence-corrected chi connectivity index (χ1v) is 10.8. The number of ether oxygens (including phenoxy) is 2. The molecule has 170 valence electrons. The fourth-order valence-corrected chi connectivity index (χ4v) is 3.99. The maximum atomic E-state index is 11.7. The molecule has 0 radical (unpaired) electrons. The quantitative estimate of drug-likeness (QED) is 0.467. The third-order valence-electron chi connectivity index (χ3n) is 5.74. The summed E-state index contributed by atoms with van der Waals surface area (Å²) in [4.78, 5) is 24.7. The number of carbonyl (C=O) groups is 2. The Labute approximate surface area is 192 Å². The molecule has 1 amide bonds. The number of carbonyl (C=O) groups excluding carboxylic acids is 1. The highest BCUT2D eigenvalue weighted by Gasteiger charge is 2.28. The first-order chi connectivity index (χ1) is 16.0. The molecule has 1 saturated heterocycles. The van der Waals surface area contributed by atoms with Crippen LogP contribution in [-0.4, -0.2) is 48.3 Å². The smallest absolute Gasteiger partial charge is 0.407 e. The van der Waals surface area contributed by atoms with Gasteiger partial charge in [-0.1, -0.05) is 36.4 Å². The lowest BCUT2D eigenvalue weighted by Gasteiger charge is -2.23. The van der Waals surface area contributed by atoms with Crippen LogP contribution in [0.4, 0.5) is 10.5 Å². The molecule has 3 aromatic rings. The standard InChI is InChI=1S/C26H26N2O5/c1-32-25(29)19-9-12-22(13-10-19)33-24-16-20(18-6-3-2-4-7-18)11-14-23(24)27-17-21-8-5-15-28(21)26(30)31/h2-4,6-7,9-14,16,21,27H,5,8,15,17H2,1H3,(H,30,31)/t21-/m0/s1. The van der Waals surface area contributed by atoms with Crippen molar-refractivity contribution in [2.45, 2.75) is 18.9 Å². The Morgan fingerprint density at radius 2 is 1.79 bits per heavy atom. The van der Waals surface area contributed by atoms with E-state index in [-0.39, 0.29) is 6.04 Å². The SMILES string of the molecule is COC(=O)c1ccc(Oc2cc(-c3ccccc3)ccc2NC[C@@H]2CCCN2C(=O)O)cc1. The molecule has 2 N–H and O–H groups in total. The largest absolute Gasteiger partial charge is 0.465 e. The number of anilines is 1. The summed E-state index contributed by atoms with van der Waals surface area (Å²) in [6, 6.07) is 22.5. The summed E-state index contributed by atoms with van der Waals surface area (Å²) in [7, 11) is 1.34. The molecule has 1 aliphatic rings. The van der Waals surface area contributed by atoms with Crippen LogP contribution in [0.2, 0.25) is 0 Å². The van der Waals surface area contributed by atoms with Gasteiger partial charge in [-0.25, -0.2) is 9.59 Å². The van der Waals surface area contributed by atoms with Crippen molar-refractivity contribution in [2.75, 3.05) is 25.5 Å². The van der Waals surface area contributed by atoms with Crippen molar-refractivity contribution in [3.8, 4) is 22.6 Å². The van der Waals surface area contributed by atoms with Gasteiger partial charge in [0.25, 0.3) is 0 Å². The summed E-state index contributed by atoms with van der Waals surface area (Å²) in [5.74, 6) is 0.778. The van der Waals surface area contributed by atoms with Crippen molar-refractivity contribution in [3.05, 3.63) is 78.4 Å². The van der Waals surface area contributed by atoms with Gasteiger partial charge in [-0.3, -0.25) is 0 Å². The highest BCUT2D eigenvalue weighted by Crippen LogP contribution is 2.35. The zero-order valence-corrected chi connectivity index (χ0v) is 18.4. The van der Waals surface area contributed by atoms with Gasteiger partial charge in [0.15, 0.2) is 5.75 Å². The van der Waals surface area contributed by atoms with Gasteiger partial charge in [-0.05, 0) is 60.4 Å². The lowest BCUT2D eigenvalue weighted by molar-refractivity contribution is 0.0600. The van der Waals surface area contributed by atoms with Crippen LogP contribution < -0.4 is 10.1 Å². The second kappa shape index (κ2) is 10.1. The van der Waals surface area contributed by atoms with E-state index < -0.39 is 12.1 Å². The van der Waals surface area contributed by atoms with Crippen molar-refractivity contribution in [1.29, 1.82) is 0 Å². The molecule has 1 atom stereocenters. The normalized spacial score (nSPS) is 15.2. The zero-order chi connectivity index (χ0) is 23.2.